The van der Waals surface area contributed by atoms with E-state index in [0.717, 1.165) is 17.7 Å². The predicted octanol–water partition coefficient (Wildman–Crippen LogP) is 1.90. The summed E-state index contributed by atoms with van der Waals surface area (Å²) in [7, 11) is 1.66. The van der Waals surface area contributed by atoms with Gasteiger partial charge in [-0.25, -0.2) is 4.98 Å². The van der Waals surface area contributed by atoms with E-state index in [1.807, 2.05) is 12.1 Å². The lowest BCUT2D eigenvalue weighted by atomic mass is 9.94. The van der Waals surface area contributed by atoms with Crippen molar-refractivity contribution in [3.05, 3.63) is 28.5 Å². The van der Waals surface area contributed by atoms with E-state index in [9.17, 15) is 0 Å². The lowest BCUT2D eigenvalue weighted by Gasteiger charge is -2.18. The van der Waals surface area contributed by atoms with E-state index in [-0.39, 0.29) is 11.7 Å². The van der Waals surface area contributed by atoms with Gasteiger partial charge in [0.05, 0.1) is 18.9 Å². The Morgan fingerprint density at radius 3 is 3.24 bits per heavy atom. The van der Waals surface area contributed by atoms with Crippen LogP contribution in [0.3, 0.4) is 0 Å². The number of aromatic nitrogens is 1. The molecule has 0 bridgehead atoms. The summed E-state index contributed by atoms with van der Waals surface area (Å²) < 4.78 is 16.2. The number of nitrogens with zero attached hydrogens (tertiary/aromatic N) is 1. The van der Waals surface area contributed by atoms with Crippen molar-refractivity contribution in [3.63, 3.8) is 0 Å². The minimum absolute atomic E-state index is 0.137. The van der Waals surface area contributed by atoms with Gasteiger partial charge in [-0.3, -0.25) is 0 Å². The molecule has 2 aliphatic rings. The van der Waals surface area contributed by atoms with Gasteiger partial charge in [-0.05, 0) is 17.7 Å². The average molecular weight is 256 g/mol. The molecule has 0 N–H and O–H groups in total. The Bertz CT molecular complexity index is 440. The molecule has 2 aliphatic heterocycles. The average Bonchev–Trinajstić information content (AvgIpc) is 3.04. The summed E-state index contributed by atoms with van der Waals surface area (Å²) in [6, 6.07) is 3.84. The van der Waals surface area contributed by atoms with Gasteiger partial charge in [0.1, 0.15) is 16.9 Å². The van der Waals surface area contributed by atoms with Gasteiger partial charge in [0, 0.05) is 20.1 Å². The Morgan fingerprint density at radius 2 is 2.47 bits per heavy atom. The van der Waals surface area contributed by atoms with Crippen LogP contribution in [0.4, 0.5) is 0 Å². The van der Waals surface area contributed by atoms with E-state index in [1.54, 1.807) is 7.11 Å². The van der Waals surface area contributed by atoms with E-state index in [0.29, 0.717) is 25.0 Å². The Balaban J connectivity index is 1.92. The van der Waals surface area contributed by atoms with Crippen molar-refractivity contribution in [2.75, 3.05) is 20.3 Å². The monoisotopic (exact) mass is 255 g/mol. The quantitative estimate of drug-likeness (QED) is 0.611. The topological polar surface area (TPSA) is 43.9 Å². The van der Waals surface area contributed by atoms with Crippen LogP contribution in [0.15, 0.2) is 12.1 Å². The summed E-state index contributed by atoms with van der Waals surface area (Å²) in [5.41, 5.74) is 1.68. The predicted molar refractivity (Wildman–Crippen MR) is 61.9 cm³/mol. The third-order valence-electron chi connectivity index (χ3n) is 3.30. The molecule has 2 unspecified atom stereocenters. The molecule has 4 nitrogen and oxygen atoms in total. The molecule has 2 saturated heterocycles. The van der Waals surface area contributed by atoms with Gasteiger partial charge < -0.3 is 14.2 Å². The van der Waals surface area contributed by atoms with Gasteiger partial charge in [0.15, 0.2) is 0 Å². The third-order valence-corrected chi connectivity index (χ3v) is 3.49. The first-order valence-electron chi connectivity index (χ1n) is 5.66. The fourth-order valence-corrected chi connectivity index (χ4v) is 2.62. The highest BCUT2D eigenvalue weighted by molar-refractivity contribution is 6.29. The molecule has 1 aromatic heterocycles. The zero-order valence-corrected chi connectivity index (χ0v) is 10.4. The summed E-state index contributed by atoms with van der Waals surface area (Å²) in [6.45, 7) is 1.89. The van der Waals surface area contributed by atoms with Crippen LogP contribution in [0.25, 0.3) is 0 Å². The Morgan fingerprint density at radius 1 is 1.59 bits per heavy atom. The first-order valence-corrected chi connectivity index (χ1v) is 6.04. The second-order valence-corrected chi connectivity index (χ2v) is 4.82. The number of rotatable bonds is 3. The molecule has 5 heteroatoms. The molecule has 1 aromatic rings. The van der Waals surface area contributed by atoms with Crippen LogP contribution in [0.5, 0.6) is 0 Å². The standard InChI is InChI=1S/C12H14ClNO3/c1-15-6-8-4-9(14-11(13)5-8)12-2-3-16-7-10(12)17-12/h4-5,10H,2-3,6-7H2,1H3. The van der Waals surface area contributed by atoms with Crippen molar-refractivity contribution in [2.24, 2.45) is 0 Å². The SMILES string of the molecule is COCc1cc(Cl)nc(C23CCOCC2O3)c1. The Labute approximate surface area is 105 Å². The van der Waals surface area contributed by atoms with E-state index in [2.05, 4.69) is 4.98 Å². The molecule has 0 radical (unpaired) electrons. The largest absolute Gasteiger partial charge is 0.380 e. The first-order chi connectivity index (χ1) is 8.24. The molecular formula is C12H14ClNO3. The highest BCUT2D eigenvalue weighted by Crippen LogP contribution is 2.51. The maximum absolute atomic E-state index is 6.03. The van der Waals surface area contributed by atoms with Gasteiger partial charge in [0.2, 0.25) is 0 Å². The smallest absolute Gasteiger partial charge is 0.141 e. The number of methoxy groups -OCH3 is 1. The number of pyridine rings is 1. The molecule has 2 atom stereocenters. The molecular weight excluding hydrogens is 242 g/mol. The van der Waals surface area contributed by atoms with Gasteiger partial charge >= 0.3 is 0 Å². The van der Waals surface area contributed by atoms with Crippen LogP contribution >= 0.6 is 11.6 Å². The van der Waals surface area contributed by atoms with Crippen molar-refractivity contribution >= 4 is 11.6 Å². The fraction of sp³-hybridized carbons (Fsp3) is 0.583. The number of hydrogen-bond donors (Lipinski definition) is 0. The zero-order valence-electron chi connectivity index (χ0n) is 9.61. The van der Waals surface area contributed by atoms with Crippen LogP contribution in [0.2, 0.25) is 5.15 Å². The Kier molecular flexibility index (Phi) is 2.83. The van der Waals surface area contributed by atoms with Crippen molar-refractivity contribution in [1.82, 2.24) is 4.98 Å². The molecule has 2 fully saturated rings. The molecule has 0 saturated carbocycles. The molecule has 92 valence electrons. The number of fused-ring (bicyclic) bond motifs is 1. The van der Waals surface area contributed by atoms with Crippen LogP contribution in [-0.4, -0.2) is 31.4 Å². The van der Waals surface area contributed by atoms with Crippen LogP contribution in [0.1, 0.15) is 17.7 Å². The summed E-state index contributed by atoms with van der Waals surface area (Å²) in [4.78, 5) is 4.38. The van der Waals surface area contributed by atoms with Crippen molar-refractivity contribution in [2.45, 2.75) is 24.7 Å². The zero-order chi connectivity index (χ0) is 11.9. The van der Waals surface area contributed by atoms with Crippen LogP contribution in [0, 0.1) is 0 Å². The van der Waals surface area contributed by atoms with Crippen molar-refractivity contribution in [3.8, 4) is 0 Å². The minimum Gasteiger partial charge on any atom is -0.380 e. The lowest BCUT2D eigenvalue weighted by molar-refractivity contribution is 0.0966. The number of epoxide rings is 1. The molecule has 3 heterocycles. The summed E-state index contributed by atoms with van der Waals surface area (Å²) in [6.07, 6.45) is 0.981. The summed E-state index contributed by atoms with van der Waals surface area (Å²) >= 11 is 6.03. The van der Waals surface area contributed by atoms with Crippen LogP contribution in [-0.2, 0) is 26.4 Å². The Hall–Kier alpha value is -0.680. The first kappa shape index (κ1) is 11.4. The highest BCUT2D eigenvalue weighted by Gasteiger charge is 2.60. The van der Waals surface area contributed by atoms with Gasteiger partial charge in [-0.1, -0.05) is 11.6 Å². The highest BCUT2D eigenvalue weighted by atomic mass is 35.5. The van der Waals surface area contributed by atoms with Gasteiger partial charge in [-0.15, -0.1) is 0 Å². The molecule has 0 spiro atoms. The number of halogens is 1. The van der Waals surface area contributed by atoms with Crippen molar-refractivity contribution in [1.29, 1.82) is 0 Å². The van der Waals surface area contributed by atoms with Crippen LogP contribution < -0.4 is 0 Å². The van der Waals surface area contributed by atoms with E-state index < -0.39 is 0 Å². The second-order valence-electron chi connectivity index (χ2n) is 4.44. The molecule has 0 aliphatic carbocycles. The summed E-state index contributed by atoms with van der Waals surface area (Å²) in [5, 5.41) is 0.490. The van der Waals surface area contributed by atoms with E-state index in [1.165, 1.54) is 0 Å². The summed E-state index contributed by atoms with van der Waals surface area (Å²) in [5.74, 6) is 0. The maximum Gasteiger partial charge on any atom is 0.141 e. The van der Waals surface area contributed by atoms with E-state index in [4.69, 9.17) is 25.8 Å². The number of hydrogen-bond acceptors (Lipinski definition) is 4. The van der Waals surface area contributed by atoms with Gasteiger partial charge in [0.25, 0.3) is 0 Å². The normalized spacial score (nSPS) is 31.1. The minimum atomic E-state index is -0.258. The fourth-order valence-electron chi connectivity index (χ4n) is 2.39. The molecule has 3 rings (SSSR count). The maximum atomic E-state index is 6.03. The van der Waals surface area contributed by atoms with Gasteiger partial charge in [-0.2, -0.15) is 0 Å². The van der Waals surface area contributed by atoms with Crippen molar-refractivity contribution < 1.29 is 14.2 Å². The second kappa shape index (κ2) is 4.21. The lowest BCUT2D eigenvalue weighted by Crippen LogP contribution is -2.25. The molecule has 17 heavy (non-hydrogen) atoms. The molecule has 0 amide bonds. The third kappa shape index (κ3) is 1.95. The molecule has 0 aromatic carbocycles. The van der Waals surface area contributed by atoms with E-state index >= 15 is 0 Å². The number of ether oxygens (including phenoxy) is 3.